The van der Waals surface area contributed by atoms with E-state index in [1.165, 1.54) is 6.07 Å². The second-order valence-corrected chi connectivity index (χ2v) is 4.42. The normalized spacial score (nSPS) is 10.9. The van der Waals surface area contributed by atoms with Gasteiger partial charge in [0.05, 0.1) is 12.3 Å². The van der Waals surface area contributed by atoms with Gasteiger partial charge in [-0.2, -0.15) is 0 Å². The molecule has 0 bridgehead atoms. The molecule has 17 heavy (non-hydrogen) atoms. The number of halogens is 2. The highest BCUT2D eigenvalue weighted by atomic mass is 35.5. The van der Waals surface area contributed by atoms with Gasteiger partial charge in [-0.3, -0.25) is 0 Å². The first-order chi connectivity index (χ1) is 8.04. The van der Waals surface area contributed by atoms with Gasteiger partial charge in [-0.25, -0.2) is 4.39 Å². The first-order valence-electron chi connectivity index (χ1n) is 5.28. The van der Waals surface area contributed by atoms with Gasteiger partial charge >= 0.3 is 0 Å². The molecule has 1 N–H and O–H groups in total. The molecule has 90 valence electrons. The molecule has 0 aliphatic rings. The lowest BCUT2D eigenvalue weighted by Gasteiger charge is -2.11. The summed E-state index contributed by atoms with van der Waals surface area (Å²) in [6.45, 7) is 3.68. The second-order valence-electron chi connectivity index (χ2n) is 3.99. The third-order valence-electron chi connectivity index (χ3n) is 2.86. The van der Waals surface area contributed by atoms with Crippen LogP contribution in [0.2, 0.25) is 5.02 Å². The summed E-state index contributed by atoms with van der Waals surface area (Å²) >= 11 is 5.73. The van der Waals surface area contributed by atoms with E-state index in [0.29, 0.717) is 10.7 Å². The van der Waals surface area contributed by atoms with Crippen LogP contribution in [0.4, 0.5) is 4.39 Å². The summed E-state index contributed by atoms with van der Waals surface area (Å²) in [5, 5.41) is 9.56. The van der Waals surface area contributed by atoms with Crippen LogP contribution in [-0.2, 0) is 6.61 Å². The SMILES string of the molecule is Cc1cc(CO)c(C)n1-c1ccc(Cl)cc1F. The minimum atomic E-state index is -0.371. The molecule has 4 heteroatoms. The van der Waals surface area contributed by atoms with Gasteiger partial charge < -0.3 is 9.67 Å². The lowest BCUT2D eigenvalue weighted by atomic mass is 10.2. The van der Waals surface area contributed by atoms with E-state index >= 15 is 0 Å². The van der Waals surface area contributed by atoms with Crippen molar-refractivity contribution in [3.63, 3.8) is 0 Å². The topological polar surface area (TPSA) is 25.2 Å². The monoisotopic (exact) mass is 253 g/mol. The van der Waals surface area contributed by atoms with Crippen LogP contribution in [0, 0.1) is 19.7 Å². The van der Waals surface area contributed by atoms with Gasteiger partial charge in [0.1, 0.15) is 5.82 Å². The molecule has 0 aliphatic carbocycles. The van der Waals surface area contributed by atoms with Crippen LogP contribution in [0.3, 0.4) is 0 Å². The third kappa shape index (κ3) is 2.08. The summed E-state index contributed by atoms with van der Waals surface area (Å²) in [4.78, 5) is 0. The van der Waals surface area contributed by atoms with Crippen LogP contribution in [0.1, 0.15) is 17.0 Å². The summed E-state index contributed by atoms with van der Waals surface area (Å²) < 4.78 is 15.6. The number of hydrogen-bond donors (Lipinski definition) is 1. The maximum Gasteiger partial charge on any atom is 0.148 e. The summed E-state index contributed by atoms with van der Waals surface area (Å²) in [5.74, 6) is -0.371. The molecule has 2 nitrogen and oxygen atoms in total. The largest absolute Gasteiger partial charge is 0.392 e. The zero-order valence-electron chi connectivity index (χ0n) is 9.67. The number of rotatable bonds is 2. The van der Waals surface area contributed by atoms with Crippen LogP contribution < -0.4 is 0 Å². The molecule has 1 aromatic heterocycles. The molecular formula is C13H13ClFNO. The smallest absolute Gasteiger partial charge is 0.148 e. The third-order valence-corrected chi connectivity index (χ3v) is 3.09. The van der Waals surface area contributed by atoms with E-state index in [9.17, 15) is 9.50 Å². The first-order valence-corrected chi connectivity index (χ1v) is 5.66. The van der Waals surface area contributed by atoms with E-state index in [2.05, 4.69) is 0 Å². The minimum Gasteiger partial charge on any atom is -0.392 e. The lowest BCUT2D eigenvalue weighted by Crippen LogP contribution is -2.02. The van der Waals surface area contributed by atoms with Crippen molar-refractivity contribution >= 4 is 11.6 Å². The van der Waals surface area contributed by atoms with Gasteiger partial charge in [0.25, 0.3) is 0 Å². The molecule has 0 saturated heterocycles. The molecule has 0 radical (unpaired) electrons. The van der Waals surface area contributed by atoms with Gasteiger partial charge in [-0.05, 0) is 43.7 Å². The number of aliphatic hydroxyl groups excluding tert-OH is 1. The molecule has 0 spiro atoms. The Balaban J connectivity index is 2.64. The van der Waals surface area contributed by atoms with Gasteiger partial charge in [0.2, 0.25) is 0 Å². The predicted octanol–water partition coefficient (Wildman–Crippen LogP) is 3.38. The lowest BCUT2D eigenvalue weighted by molar-refractivity contribution is 0.281. The molecule has 2 rings (SSSR count). The van der Waals surface area contributed by atoms with Crippen LogP contribution in [0.25, 0.3) is 5.69 Å². The van der Waals surface area contributed by atoms with Crippen LogP contribution >= 0.6 is 11.6 Å². The van der Waals surface area contributed by atoms with Crippen molar-refractivity contribution in [1.29, 1.82) is 0 Å². The molecule has 2 aromatic rings. The molecular weight excluding hydrogens is 241 g/mol. The van der Waals surface area contributed by atoms with Crippen LogP contribution in [0.5, 0.6) is 0 Å². The van der Waals surface area contributed by atoms with E-state index in [1.54, 1.807) is 16.7 Å². The molecule has 0 saturated carbocycles. The van der Waals surface area contributed by atoms with Crippen molar-refractivity contribution in [2.75, 3.05) is 0 Å². The number of aryl methyl sites for hydroxylation is 1. The predicted molar refractivity (Wildman–Crippen MR) is 66.1 cm³/mol. The Morgan fingerprint density at radius 2 is 2.00 bits per heavy atom. The van der Waals surface area contributed by atoms with E-state index in [-0.39, 0.29) is 12.4 Å². The van der Waals surface area contributed by atoms with Gasteiger partial charge in [-0.15, -0.1) is 0 Å². The standard InChI is InChI=1S/C13H13ClFNO/c1-8-5-10(7-17)9(2)16(8)13-4-3-11(14)6-12(13)15/h3-6,17H,7H2,1-2H3. The molecule has 1 heterocycles. The highest BCUT2D eigenvalue weighted by molar-refractivity contribution is 6.30. The van der Waals surface area contributed by atoms with E-state index in [4.69, 9.17) is 11.6 Å². The number of aliphatic hydroxyl groups is 1. The average molecular weight is 254 g/mol. The fourth-order valence-electron chi connectivity index (χ4n) is 2.02. The van der Waals surface area contributed by atoms with Crippen LogP contribution in [-0.4, -0.2) is 9.67 Å². The quantitative estimate of drug-likeness (QED) is 0.872. The summed E-state index contributed by atoms with van der Waals surface area (Å²) in [6, 6.07) is 6.42. The molecule has 1 aromatic carbocycles. The minimum absolute atomic E-state index is 0.0467. The highest BCUT2D eigenvalue weighted by Crippen LogP contribution is 2.24. The highest BCUT2D eigenvalue weighted by Gasteiger charge is 2.13. The molecule has 0 unspecified atom stereocenters. The van der Waals surface area contributed by atoms with Crippen molar-refractivity contribution < 1.29 is 9.50 Å². The number of hydrogen-bond acceptors (Lipinski definition) is 1. The van der Waals surface area contributed by atoms with E-state index in [0.717, 1.165) is 17.0 Å². The molecule has 0 amide bonds. The maximum atomic E-state index is 13.8. The zero-order valence-corrected chi connectivity index (χ0v) is 10.4. The summed E-state index contributed by atoms with van der Waals surface area (Å²) in [7, 11) is 0. The van der Waals surface area contributed by atoms with E-state index < -0.39 is 0 Å². The summed E-state index contributed by atoms with van der Waals surface area (Å²) in [5.41, 5.74) is 2.97. The molecule has 0 aliphatic heterocycles. The second kappa shape index (κ2) is 4.51. The number of benzene rings is 1. The average Bonchev–Trinajstić information content (AvgIpc) is 2.55. The Labute approximate surface area is 104 Å². The Morgan fingerprint density at radius 3 is 2.53 bits per heavy atom. The fraction of sp³-hybridized carbons (Fsp3) is 0.231. The zero-order chi connectivity index (χ0) is 12.6. The molecule has 0 fully saturated rings. The Hall–Kier alpha value is -1.32. The summed E-state index contributed by atoms with van der Waals surface area (Å²) in [6.07, 6.45) is 0. The fourth-order valence-corrected chi connectivity index (χ4v) is 2.18. The van der Waals surface area contributed by atoms with Gasteiger partial charge in [-0.1, -0.05) is 11.6 Å². The van der Waals surface area contributed by atoms with Crippen molar-refractivity contribution in [2.24, 2.45) is 0 Å². The van der Waals surface area contributed by atoms with Gasteiger partial charge in [0, 0.05) is 16.4 Å². The van der Waals surface area contributed by atoms with E-state index in [1.807, 2.05) is 19.9 Å². The maximum absolute atomic E-state index is 13.8. The Bertz CT molecular complexity index is 563. The van der Waals surface area contributed by atoms with Gasteiger partial charge in [0.15, 0.2) is 0 Å². The number of aromatic nitrogens is 1. The van der Waals surface area contributed by atoms with Crippen molar-refractivity contribution in [3.05, 3.63) is 52.1 Å². The van der Waals surface area contributed by atoms with Crippen LogP contribution in [0.15, 0.2) is 24.3 Å². The Kier molecular flexibility index (Phi) is 3.22. The van der Waals surface area contributed by atoms with Crippen molar-refractivity contribution in [2.45, 2.75) is 20.5 Å². The molecule has 0 atom stereocenters. The van der Waals surface area contributed by atoms with Crippen molar-refractivity contribution in [1.82, 2.24) is 4.57 Å². The first kappa shape index (κ1) is 12.1. The van der Waals surface area contributed by atoms with Crippen molar-refractivity contribution in [3.8, 4) is 5.69 Å². The Morgan fingerprint density at radius 1 is 1.29 bits per heavy atom. The number of nitrogens with zero attached hydrogens (tertiary/aromatic N) is 1.